The number of halogens is 1. The van der Waals surface area contributed by atoms with Crippen molar-refractivity contribution in [3.05, 3.63) is 53.6 Å². The van der Waals surface area contributed by atoms with Gasteiger partial charge in [-0.1, -0.05) is 29.8 Å². The Bertz CT molecular complexity index is 828. The van der Waals surface area contributed by atoms with Crippen molar-refractivity contribution in [1.29, 1.82) is 0 Å². The average molecular weight is 373 g/mol. The van der Waals surface area contributed by atoms with Gasteiger partial charge in [-0.05, 0) is 41.9 Å². The third-order valence-corrected chi connectivity index (χ3v) is 5.72. The van der Waals surface area contributed by atoms with Gasteiger partial charge in [-0.2, -0.15) is 4.37 Å². The molecule has 130 valence electrons. The fourth-order valence-electron chi connectivity index (χ4n) is 3.24. The Hall–Kier alpha value is -1.82. The molecular formula is C19H21ClN4S. The van der Waals surface area contributed by atoms with Gasteiger partial charge >= 0.3 is 0 Å². The highest BCUT2D eigenvalue weighted by Gasteiger charge is 2.16. The van der Waals surface area contributed by atoms with Crippen LogP contribution in [0.4, 0.5) is 10.7 Å². The predicted molar refractivity (Wildman–Crippen MR) is 108 cm³/mol. The summed E-state index contributed by atoms with van der Waals surface area (Å²) in [5.74, 6) is 0. The van der Waals surface area contributed by atoms with E-state index in [9.17, 15) is 0 Å². The molecule has 0 aliphatic carbocycles. The van der Waals surface area contributed by atoms with Crippen molar-refractivity contribution >= 4 is 44.7 Å². The van der Waals surface area contributed by atoms with Crippen molar-refractivity contribution in [2.75, 3.05) is 49.5 Å². The van der Waals surface area contributed by atoms with Crippen LogP contribution < -0.4 is 10.2 Å². The Labute approximate surface area is 157 Å². The number of rotatable bonds is 5. The number of hydrogen-bond donors (Lipinski definition) is 1. The first kappa shape index (κ1) is 16.6. The van der Waals surface area contributed by atoms with Crippen LogP contribution in [0, 0.1) is 0 Å². The predicted octanol–water partition coefficient (Wildman–Crippen LogP) is 4.18. The van der Waals surface area contributed by atoms with Crippen molar-refractivity contribution < 1.29 is 0 Å². The number of aromatic nitrogens is 1. The van der Waals surface area contributed by atoms with E-state index >= 15 is 0 Å². The van der Waals surface area contributed by atoms with Gasteiger partial charge in [0.1, 0.15) is 5.00 Å². The number of nitrogens with zero attached hydrogens (tertiary/aromatic N) is 3. The summed E-state index contributed by atoms with van der Waals surface area (Å²) in [7, 11) is 0. The molecule has 0 radical (unpaired) electrons. The highest BCUT2D eigenvalue weighted by atomic mass is 35.5. The molecule has 3 aromatic rings. The molecule has 1 aromatic heterocycles. The Balaban J connectivity index is 1.27. The first-order valence-electron chi connectivity index (χ1n) is 8.61. The lowest BCUT2D eigenvalue weighted by atomic mass is 10.2. The van der Waals surface area contributed by atoms with Crippen LogP contribution in [0.3, 0.4) is 0 Å². The fraction of sp³-hybridized carbons (Fsp3) is 0.316. The lowest BCUT2D eigenvalue weighted by Gasteiger charge is -2.36. The van der Waals surface area contributed by atoms with Crippen LogP contribution in [0.15, 0.2) is 48.5 Å². The van der Waals surface area contributed by atoms with Gasteiger partial charge in [-0.3, -0.25) is 4.90 Å². The number of para-hydroxylation sites is 1. The maximum absolute atomic E-state index is 6.02. The normalized spacial score (nSPS) is 15.6. The lowest BCUT2D eigenvalue weighted by molar-refractivity contribution is 0.267. The molecule has 2 heterocycles. The van der Waals surface area contributed by atoms with Crippen LogP contribution in [0.2, 0.25) is 5.02 Å². The number of benzene rings is 2. The molecule has 0 spiro atoms. The number of hydrogen-bond acceptors (Lipinski definition) is 5. The monoisotopic (exact) mass is 372 g/mol. The SMILES string of the molecule is Clc1ccc2c(NCCN3CCN(c4ccccc4)CC3)snc2c1. The number of fused-ring (bicyclic) bond motifs is 1. The summed E-state index contributed by atoms with van der Waals surface area (Å²) in [5.41, 5.74) is 2.30. The zero-order valence-corrected chi connectivity index (χ0v) is 15.6. The Kier molecular flexibility index (Phi) is 5.06. The summed E-state index contributed by atoms with van der Waals surface area (Å²) in [5, 5.41) is 6.56. The van der Waals surface area contributed by atoms with Crippen LogP contribution in [-0.2, 0) is 0 Å². The van der Waals surface area contributed by atoms with Gasteiger partial charge in [0, 0.05) is 55.4 Å². The van der Waals surface area contributed by atoms with E-state index in [0.717, 1.165) is 60.2 Å². The summed E-state index contributed by atoms with van der Waals surface area (Å²) in [6, 6.07) is 16.6. The molecule has 2 aromatic carbocycles. The van der Waals surface area contributed by atoms with Crippen molar-refractivity contribution in [2.24, 2.45) is 0 Å². The summed E-state index contributed by atoms with van der Waals surface area (Å²) >= 11 is 7.53. The second-order valence-electron chi connectivity index (χ2n) is 6.26. The molecule has 0 unspecified atom stereocenters. The van der Waals surface area contributed by atoms with Gasteiger partial charge in [-0.15, -0.1) is 0 Å². The summed E-state index contributed by atoms with van der Waals surface area (Å²) in [6.45, 7) is 6.38. The number of anilines is 2. The smallest absolute Gasteiger partial charge is 0.117 e. The molecule has 4 rings (SSSR count). The molecule has 0 atom stereocenters. The van der Waals surface area contributed by atoms with Crippen molar-refractivity contribution in [3.8, 4) is 0 Å². The van der Waals surface area contributed by atoms with E-state index in [4.69, 9.17) is 11.6 Å². The van der Waals surface area contributed by atoms with Gasteiger partial charge in [0.2, 0.25) is 0 Å². The van der Waals surface area contributed by atoms with E-state index in [1.54, 1.807) is 0 Å². The van der Waals surface area contributed by atoms with E-state index in [0.29, 0.717) is 0 Å². The van der Waals surface area contributed by atoms with Crippen LogP contribution in [0.1, 0.15) is 0 Å². The maximum Gasteiger partial charge on any atom is 0.117 e. The first-order valence-corrected chi connectivity index (χ1v) is 9.76. The molecular weight excluding hydrogens is 352 g/mol. The standard InChI is InChI=1S/C19H21ClN4S/c20-15-6-7-17-18(14-15)22-25-19(17)21-8-9-23-10-12-24(13-11-23)16-4-2-1-3-5-16/h1-7,14,21H,8-13H2. The summed E-state index contributed by atoms with van der Waals surface area (Å²) in [4.78, 5) is 4.98. The Morgan fingerprint density at radius 1 is 1.04 bits per heavy atom. The summed E-state index contributed by atoms with van der Waals surface area (Å²) in [6.07, 6.45) is 0. The Morgan fingerprint density at radius 2 is 1.84 bits per heavy atom. The Morgan fingerprint density at radius 3 is 2.64 bits per heavy atom. The van der Waals surface area contributed by atoms with Crippen LogP contribution in [-0.4, -0.2) is 48.5 Å². The van der Waals surface area contributed by atoms with Gasteiger partial charge in [0.15, 0.2) is 0 Å². The van der Waals surface area contributed by atoms with E-state index in [1.165, 1.54) is 17.2 Å². The highest BCUT2D eigenvalue weighted by Crippen LogP contribution is 2.29. The highest BCUT2D eigenvalue weighted by molar-refractivity contribution is 7.11. The largest absolute Gasteiger partial charge is 0.374 e. The second kappa shape index (κ2) is 7.60. The minimum absolute atomic E-state index is 0.737. The van der Waals surface area contributed by atoms with Crippen molar-refractivity contribution in [3.63, 3.8) is 0 Å². The molecule has 1 N–H and O–H groups in total. The molecule has 0 saturated carbocycles. The van der Waals surface area contributed by atoms with Crippen molar-refractivity contribution in [1.82, 2.24) is 9.27 Å². The van der Waals surface area contributed by atoms with Gasteiger partial charge in [-0.25, -0.2) is 0 Å². The third kappa shape index (κ3) is 3.89. The molecule has 25 heavy (non-hydrogen) atoms. The quantitative estimate of drug-likeness (QED) is 0.727. The van der Waals surface area contributed by atoms with Gasteiger partial charge in [0.05, 0.1) is 5.52 Å². The van der Waals surface area contributed by atoms with E-state index in [1.807, 2.05) is 18.2 Å². The van der Waals surface area contributed by atoms with E-state index in [-0.39, 0.29) is 0 Å². The molecule has 4 nitrogen and oxygen atoms in total. The summed E-state index contributed by atoms with van der Waals surface area (Å²) < 4.78 is 4.46. The van der Waals surface area contributed by atoms with E-state index < -0.39 is 0 Å². The zero-order valence-electron chi connectivity index (χ0n) is 14.0. The van der Waals surface area contributed by atoms with Crippen molar-refractivity contribution in [2.45, 2.75) is 0 Å². The third-order valence-electron chi connectivity index (χ3n) is 4.65. The molecule has 1 fully saturated rings. The number of nitrogens with one attached hydrogen (secondary N) is 1. The molecule has 6 heteroatoms. The minimum atomic E-state index is 0.737. The number of piperazine rings is 1. The lowest BCUT2D eigenvalue weighted by Crippen LogP contribution is -2.47. The molecule has 1 saturated heterocycles. The van der Waals surface area contributed by atoms with E-state index in [2.05, 4.69) is 49.8 Å². The first-order chi connectivity index (χ1) is 12.3. The maximum atomic E-state index is 6.02. The zero-order chi connectivity index (χ0) is 17.1. The van der Waals surface area contributed by atoms with Crippen LogP contribution in [0.5, 0.6) is 0 Å². The molecule has 1 aliphatic heterocycles. The fourth-order valence-corrected chi connectivity index (χ4v) is 4.18. The molecule has 0 amide bonds. The molecule has 0 bridgehead atoms. The van der Waals surface area contributed by atoms with Gasteiger partial charge in [0.25, 0.3) is 0 Å². The second-order valence-corrected chi connectivity index (χ2v) is 7.47. The molecule has 1 aliphatic rings. The minimum Gasteiger partial charge on any atom is -0.374 e. The van der Waals surface area contributed by atoms with Crippen LogP contribution >= 0.6 is 23.1 Å². The van der Waals surface area contributed by atoms with Crippen LogP contribution in [0.25, 0.3) is 10.9 Å². The topological polar surface area (TPSA) is 31.4 Å². The average Bonchev–Trinajstić information content (AvgIpc) is 3.05. The van der Waals surface area contributed by atoms with Gasteiger partial charge < -0.3 is 10.2 Å².